The summed E-state index contributed by atoms with van der Waals surface area (Å²) < 4.78 is 11.3. The minimum atomic E-state index is 0.0640. The van der Waals surface area contributed by atoms with E-state index in [0.29, 0.717) is 25.6 Å². The van der Waals surface area contributed by atoms with Crippen molar-refractivity contribution in [1.82, 2.24) is 9.88 Å². The lowest BCUT2D eigenvalue weighted by molar-refractivity contribution is -0.130. The number of nitrogens with zero attached hydrogens (tertiary/aromatic N) is 2. The second-order valence-electron chi connectivity index (χ2n) is 4.77. The Morgan fingerprint density at radius 3 is 2.95 bits per heavy atom. The van der Waals surface area contributed by atoms with Gasteiger partial charge in [-0.3, -0.25) is 4.79 Å². The minimum Gasteiger partial charge on any atom is -0.484 e. The number of oxazole rings is 1. The average Bonchev–Trinajstić information content (AvgIpc) is 2.88. The first kappa shape index (κ1) is 12.7. The zero-order valence-electron chi connectivity index (χ0n) is 11.3. The number of benzene rings is 1. The quantitative estimate of drug-likeness (QED) is 0.859. The Kier molecular flexibility index (Phi) is 3.41. The number of fused-ring (bicyclic) bond motifs is 1. The highest BCUT2D eigenvalue weighted by Gasteiger charge is 2.23. The van der Waals surface area contributed by atoms with Gasteiger partial charge in [-0.1, -0.05) is 18.2 Å². The summed E-state index contributed by atoms with van der Waals surface area (Å²) in [6.45, 7) is 3.08. The number of ether oxygens (including phenoxy) is 1. The maximum absolute atomic E-state index is 11.4. The van der Waals surface area contributed by atoms with Gasteiger partial charge in [-0.25, -0.2) is 4.98 Å². The van der Waals surface area contributed by atoms with Crippen LogP contribution in [-0.2, 0) is 24.4 Å². The predicted molar refractivity (Wildman–Crippen MR) is 72.1 cm³/mol. The van der Waals surface area contributed by atoms with Gasteiger partial charge in [0.25, 0.3) is 0 Å². The number of aromatic nitrogens is 1. The molecule has 0 saturated carbocycles. The molecule has 5 heteroatoms. The van der Waals surface area contributed by atoms with E-state index < -0.39 is 0 Å². The molecule has 104 valence electrons. The third-order valence-electron chi connectivity index (χ3n) is 3.33. The normalized spacial score (nSPS) is 13.9. The van der Waals surface area contributed by atoms with Crippen molar-refractivity contribution < 1.29 is 13.9 Å². The summed E-state index contributed by atoms with van der Waals surface area (Å²) in [4.78, 5) is 17.6. The van der Waals surface area contributed by atoms with Crippen molar-refractivity contribution in [2.24, 2.45) is 0 Å². The van der Waals surface area contributed by atoms with Gasteiger partial charge in [0.1, 0.15) is 11.5 Å². The van der Waals surface area contributed by atoms with Gasteiger partial charge in [0.05, 0.1) is 12.2 Å². The summed E-state index contributed by atoms with van der Waals surface area (Å²) in [5, 5.41) is 0. The monoisotopic (exact) mass is 272 g/mol. The Morgan fingerprint density at radius 1 is 1.40 bits per heavy atom. The summed E-state index contributed by atoms with van der Waals surface area (Å²) >= 11 is 0. The lowest BCUT2D eigenvalue weighted by Crippen LogP contribution is -2.33. The first-order valence-electron chi connectivity index (χ1n) is 6.63. The maximum Gasteiger partial charge on any atom is 0.232 e. The number of carbonyl (C=O) groups excluding carboxylic acids is 1. The molecule has 1 aliphatic heterocycles. The van der Waals surface area contributed by atoms with Crippen LogP contribution >= 0.6 is 0 Å². The molecule has 5 nitrogen and oxygen atoms in total. The Morgan fingerprint density at radius 2 is 2.20 bits per heavy atom. The Hall–Kier alpha value is -2.30. The molecule has 0 bridgehead atoms. The molecule has 1 aliphatic rings. The van der Waals surface area contributed by atoms with E-state index in [1.54, 1.807) is 11.8 Å². The van der Waals surface area contributed by atoms with E-state index in [4.69, 9.17) is 9.15 Å². The second-order valence-corrected chi connectivity index (χ2v) is 4.77. The van der Waals surface area contributed by atoms with Crippen molar-refractivity contribution in [3.05, 3.63) is 47.7 Å². The smallest absolute Gasteiger partial charge is 0.232 e. The summed E-state index contributed by atoms with van der Waals surface area (Å²) in [5.74, 6) is 2.19. The average molecular weight is 272 g/mol. The highest BCUT2D eigenvalue weighted by molar-refractivity contribution is 5.73. The van der Waals surface area contributed by atoms with Crippen molar-refractivity contribution in [3.8, 4) is 5.75 Å². The molecule has 1 aromatic heterocycles. The Labute approximate surface area is 117 Å². The van der Waals surface area contributed by atoms with Crippen LogP contribution in [0.3, 0.4) is 0 Å². The summed E-state index contributed by atoms with van der Waals surface area (Å²) in [7, 11) is 0. The Balaban J connectivity index is 1.67. The summed E-state index contributed by atoms with van der Waals surface area (Å²) in [6, 6.07) is 9.55. The molecule has 0 N–H and O–H groups in total. The van der Waals surface area contributed by atoms with E-state index in [2.05, 4.69) is 4.98 Å². The molecule has 2 aromatic rings. The zero-order valence-corrected chi connectivity index (χ0v) is 11.3. The first-order valence-corrected chi connectivity index (χ1v) is 6.63. The van der Waals surface area contributed by atoms with Crippen LogP contribution in [0, 0.1) is 0 Å². The van der Waals surface area contributed by atoms with Crippen LogP contribution in [0.4, 0.5) is 0 Å². The van der Waals surface area contributed by atoms with Crippen molar-refractivity contribution in [2.75, 3.05) is 6.54 Å². The highest BCUT2D eigenvalue weighted by atomic mass is 16.5. The second kappa shape index (κ2) is 5.36. The number of amides is 1. The Bertz CT molecular complexity index is 607. The van der Waals surface area contributed by atoms with Gasteiger partial charge in [0.2, 0.25) is 11.8 Å². The molecular weight excluding hydrogens is 256 g/mol. The van der Waals surface area contributed by atoms with E-state index in [-0.39, 0.29) is 5.91 Å². The molecule has 3 rings (SSSR count). The molecule has 0 radical (unpaired) electrons. The topological polar surface area (TPSA) is 55.6 Å². The predicted octanol–water partition coefficient (Wildman–Crippen LogP) is 2.16. The fourth-order valence-electron chi connectivity index (χ4n) is 2.24. The van der Waals surface area contributed by atoms with E-state index >= 15 is 0 Å². The van der Waals surface area contributed by atoms with E-state index in [1.165, 1.54) is 0 Å². The van der Waals surface area contributed by atoms with Crippen LogP contribution in [-0.4, -0.2) is 22.3 Å². The van der Waals surface area contributed by atoms with Gasteiger partial charge in [-0.05, 0) is 12.1 Å². The lowest BCUT2D eigenvalue weighted by atomic mass is 10.1. The largest absolute Gasteiger partial charge is 0.484 e. The molecule has 0 atom stereocenters. The number of hydrogen-bond donors (Lipinski definition) is 0. The van der Waals surface area contributed by atoms with Crippen LogP contribution in [0.5, 0.6) is 5.75 Å². The van der Waals surface area contributed by atoms with Crippen LogP contribution in [0.25, 0.3) is 0 Å². The SMILES string of the molecule is CC(=O)N1CCc2nc(COc3ccccc3)oc2C1. The molecular formula is C15H16N2O3. The standard InChI is InChI=1S/C15H16N2O3/c1-11(18)17-8-7-13-14(9-17)20-15(16-13)10-19-12-5-3-2-4-6-12/h2-6H,7-10H2,1H3. The highest BCUT2D eigenvalue weighted by Crippen LogP contribution is 2.21. The molecule has 20 heavy (non-hydrogen) atoms. The van der Waals surface area contributed by atoms with Gasteiger partial charge in [-0.2, -0.15) is 0 Å². The molecule has 0 saturated heterocycles. The third-order valence-corrected chi connectivity index (χ3v) is 3.33. The summed E-state index contributed by atoms with van der Waals surface area (Å²) in [5.41, 5.74) is 0.939. The zero-order chi connectivity index (χ0) is 13.9. The van der Waals surface area contributed by atoms with Gasteiger partial charge in [0, 0.05) is 19.9 Å². The minimum absolute atomic E-state index is 0.0640. The van der Waals surface area contributed by atoms with Gasteiger partial charge < -0.3 is 14.1 Å². The number of rotatable bonds is 3. The van der Waals surface area contributed by atoms with E-state index in [0.717, 1.165) is 23.6 Å². The molecule has 0 spiro atoms. The molecule has 2 heterocycles. The molecule has 0 unspecified atom stereocenters. The fourth-order valence-corrected chi connectivity index (χ4v) is 2.24. The lowest BCUT2D eigenvalue weighted by Gasteiger charge is -2.23. The van der Waals surface area contributed by atoms with Crippen molar-refractivity contribution in [1.29, 1.82) is 0 Å². The van der Waals surface area contributed by atoms with Crippen molar-refractivity contribution in [3.63, 3.8) is 0 Å². The van der Waals surface area contributed by atoms with E-state index in [1.807, 2.05) is 30.3 Å². The number of carbonyl (C=O) groups is 1. The van der Waals surface area contributed by atoms with Crippen LogP contribution in [0.1, 0.15) is 24.3 Å². The van der Waals surface area contributed by atoms with Crippen LogP contribution in [0.15, 0.2) is 34.7 Å². The first-order chi connectivity index (χ1) is 9.72. The molecule has 1 amide bonds. The van der Waals surface area contributed by atoms with Crippen LogP contribution < -0.4 is 4.74 Å². The fraction of sp³-hybridized carbons (Fsp3) is 0.333. The van der Waals surface area contributed by atoms with E-state index in [9.17, 15) is 4.79 Å². The van der Waals surface area contributed by atoms with Gasteiger partial charge >= 0.3 is 0 Å². The maximum atomic E-state index is 11.4. The number of hydrogen-bond acceptors (Lipinski definition) is 4. The van der Waals surface area contributed by atoms with Crippen molar-refractivity contribution >= 4 is 5.91 Å². The van der Waals surface area contributed by atoms with Gasteiger partial charge in [-0.15, -0.1) is 0 Å². The van der Waals surface area contributed by atoms with Gasteiger partial charge in [0.15, 0.2) is 6.61 Å². The van der Waals surface area contributed by atoms with Crippen LogP contribution in [0.2, 0.25) is 0 Å². The van der Waals surface area contributed by atoms with Crippen molar-refractivity contribution in [2.45, 2.75) is 26.5 Å². The summed E-state index contributed by atoms with van der Waals surface area (Å²) in [6.07, 6.45) is 0.740. The molecule has 1 aromatic carbocycles. The molecule has 0 aliphatic carbocycles. The number of para-hydroxylation sites is 1. The third kappa shape index (κ3) is 2.66. The molecule has 0 fully saturated rings.